The van der Waals surface area contributed by atoms with Crippen molar-refractivity contribution >= 4 is 18.0 Å². The third-order valence-corrected chi connectivity index (χ3v) is 3.80. The molecule has 0 radical (unpaired) electrons. The number of esters is 1. The number of hydrogen-bond acceptors (Lipinski definition) is 5. The summed E-state index contributed by atoms with van der Waals surface area (Å²) in [5.41, 5.74) is 1.23. The molecule has 1 aromatic carbocycles. The molecule has 20 heavy (non-hydrogen) atoms. The Labute approximate surface area is 124 Å². The summed E-state index contributed by atoms with van der Waals surface area (Å²) in [5, 5.41) is 0. The monoisotopic (exact) mass is 296 g/mol. The van der Waals surface area contributed by atoms with Gasteiger partial charge < -0.3 is 13.7 Å². The first kappa shape index (κ1) is 15.4. The smallest absolute Gasteiger partial charge is 0.302 e. The lowest BCUT2D eigenvalue weighted by atomic mass is 10.1. The second kappa shape index (κ2) is 7.67. The lowest BCUT2D eigenvalue weighted by Gasteiger charge is -2.28. The lowest BCUT2D eigenvalue weighted by Crippen LogP contribution is -2.34. The van der Waals surface area contributed by atoms with Crippen LogP contribution in [0.25, 0.3) is 0 Å². The van der Waals surface area contributed by atoms with Crippen LogP contribution in [-0.2, 0) is 18.5 Å². The van der Waals surface area contributed by atoms with Gasteiger partial charge in [0.05, 0.1) is 19.3 Å². The summed E-state index contributed by atoms with van der Waals surface area (Å²) in [6.07, 6.45) is 1.42. The highest BCUT2D eigenvalue weighted by atomic mass is 32.2. The maximum Gasteiger partial charge on any atom is 0.302 e. The summed E-state index contributed by atoms with van der Waals surface area (Å²) in [5.74, 6) is -0.231. The Hall–Kier alpha value is -1.04. The van der Waals surface area contributed by atoms with Gasteiger partial charge in [0.15, 0.2) is 0 Å². The van der Waals surface area contributed by atoms with E-state index < -0.39 is 0 Å². The molecule has 2 atom stereocenters. The highest BCUT2D eigenvalue weighted by Gasteiger charge is 2.24. The van der Waals surface area contributed by atoms with E-state index in [0.29, 0.717) is 19.6 Å². The van der Waals surface area contributed by atoms with Crippen molar-refractivity contribution in [1.29, 1.82) is 0 Å². The Kier molecular flexibility index (Phi) is 5.88. The van der Waals surface area contributed by atoms with Crippen molar-refractivity contribution in [3.63, 3.8) is 0 Å². The zero-order chi connectivity index (χ0) is 14.4. The van der Waals surface area contributed by atoms with Crippen LogP contribution in [0, 0.1) is 6.92 Å². The molecule has 0 aromatic heterocycles. The van der Waals surface area contributed by atoms with Crippen LogP contribution in [0.4, 0.5) is 0 Å². The molecule has 1 saturated heterocycles. The van der Waals surface area contributed by atoms with Crippen LogP contribution in [0.1, 0.15) is 25.3 Å². The Morgan fingerprint density at radius 3 is 2.85 bits per heavy atom. The first-order valence-corrected chi connectivity index (χ1v) is 7.52. The molecule has 2 rings (SSSR count). The van der Waals surface area contributed by atoms with Crippen LogP contribution in [-0.4, -0.2) is 31.4 Å². The zero-order valence-corrected chi connectivity index (χ0v) is 12.7. The van der Waals surface area contributed by atoms with Crippen molar-refractivity contribution in [1.82, 2.24) is 0 Å². The normalized spacial score (nSPS) is 22.5. The average Bonchev–Trinajstić information content (AvgIpc) is 2.41. The third kappa shape index (κ3) is 5.15. The summed E-state index contributed by atoms with van der Waals surface area (Å²) in [6.45, 7) is 4.60. The molecule has 1 unspecified atom stereocenters. The molecule has 0 aliphatic carbocycles. The summed E-state index contributed by atoms with van der Waals surface area (Å²) in [7, 11) is 0. The number of ether oxygens (including phenoxy) is 2. The van der Waals surface area contributed by atoms with Gasteiger partial charge >= 0.3 is 5.97 Å². The predicted molar refractivity (Wildman–Crippen MR) is 77.5 cm³/mol. The van der Waals surface area contributed by atoms with Gasteiger partial charge in [-0.05, 0) is 19.1 Å². The lowest BCUT2D eigenvalue weighted by molar-refractivity contribution is -0.154. The van der Waals surface area contributed by atoms with Gasteiger partial charge in [-0.15, -0.1) is 0 Å². The summed E-state index contributed by atoms with van der Waals surface area (Å²) in [4.78, 5) is 12.0. The zero-order valence-electron chi connectivity index (χ0n) is 11.8. The van der Waals surface area contributed by atoms with Crippen molar-refractivity contribution in [2.75, 3.05) is 13.2 Å². The molecule has 1 aliphatic rings. The van der Waals surface area contributed by atoms with Crippen molar-refractivity contribution in [3.05, 3.63) is 29.8 Å². The fourth-order valence-electron chi connectivity index (χ4n) is 2.07. The Bertz CT molecular complexity index is 432. The molecule has 4 nitrogen and oxygen atoms in total. The van der Waals surface area contributed by atoms with Crippen LogP contribution in [0.5, 0.6) is 0 Å². The van der Waals surface area contributed by atoms with E-state index in [1.807, 2.05) is 12.1 Å². The van der Waals surface area contributed by atoms with Crippen LogP contribution in [0.2, 0.25) is 0 Å². The molecular formula is C15H20O4S. The molecule has 110 valence electrons. The highest BCUT2D eigenvalue weighted by Crippen LogP contribution is 2.23. The molecular weight excluding hydrogens is 276 g/mol. The molecule has 1 fully saturated rings. The SMILES string of the molecule is CC(=O)O[C@@H]1CCOC(COSc2ccc(C)cc2)C1. The molecule has 0 amide bonds. The van der Waals surface area contributed by atoms with Crippen LogP contribution < -0.4 is 0 Å². The van der Waals surface area contributed by atoms with Gasteiger partial charge in [-0.3, -0.25) is 4.79 Å². The molecule has 0 bridgehead atoms. The third-order valence-electron chi connectivity index (χ3n) is 3.08. The molecule has 1 aliphatic heterocycles. The topological polar surface area (TPSA) is 44.8 Å². The van der Waals surface area contributed by atoms with Gasteiger partial charge in [0, 0.05) is 36.7 Å². The molecule has 5 heteroatoms. The van der Waals surface area contributed by atoms with Gasteiger partial charge in [-0.2, -0.15) is 0 Å². The van der Waals surface area contributed by atoms with E-state index in [-0.39, 0.29) is 18.2 Å². The summed E-state index contributed by atoms with van der Waals surface area (Å²) >= 11 is 1.35. The number of carbonyl (C=O) groups excluding carboxylic acids is 1. The predicted octanol–water partition coefficient (Wildman–Crippen LogP) is 3.13. The van der Waals surface area contributed by atoms with Crippen LogP contribution >= 0.6 is 12.0 Å². The van der Waals surface area contributed by atoms with Crippen LogP contribution in [0.15, 0.2) is 29.2 Å². The summed E-state index contributed by atoms with van der Waals surface area (Å²) in [6, 6.07) is 8.17. The minimum Gasteiger partial charge on any atom is -0.462 e. The molecule has 1 heterocycles. The van der Waals surface area contributed by atoms with Crippen molar-refractivity contribution in [3.8, 4) is 0 Å². The summed E-state index contributed by atoms with van der Waals surface area (Å²) < 4.78 is 16.4. The van der Waals surface area contributed by atoms with Crippen LogP contribution in [0.3, 0.4) is 0 Å². The largest absolute Gasteiger partial charge is 0.462 e. The average molecular weight is 296 g/mol. The van der Waals surface area contributed by atoms with Gasteiger partial charge in [-0.1, -0.05) is 17.7 Å². The van der Waals surface area contributed by atoms with Gasteiger partial charge in [0.25, 0.3) is 0 Å². The second-order valence-corrected chi connectivity index (χ2v) is 5.80. The Morgan fingerprint density at radius 2 is 2.15 bits per heavy atom. The minimum absolute atomic E-state index is 0.00829. The molecule has 0 N–H and O–H groups in total. The molecule has 0 saturated carbocycles. The molecule has 0 spiro atoms. The maximum atomic E-state index is 10.9. The minimum atomic E-state index is -0.231. The Morgan fingerprint density at radius 1 is 1.40 bits per heavy atom. The quantitative estimate of drug-likeness (QED) is 0.617. The first-order valence-electron chi connectivity index (χ1n) is 6.78. The fourth-order valence-corrected chi connectivity index (χ4v) is 2.68. The van der Waals surface area contributed by atoms with Gasteiger partial charge in [-0.25, -0.2) is 0 Å². The Balaban J connectivity index is 1.70. The van der Waals surface area contributed by atoms with Gasteiger partial charge in [0.1, 0.15) is 6.10 Å². The highest BCUT2D eigenvalue weighted by molar-refractivity contribution is 7.94. The van der Waals surface area contributed by atoms with Crippen molar-refractivity contribution in [2.24, 2.45) is 0 Å². The second-order valence-electron chi connectivity index (χ2n) is 4.93. The van der Waals surface area contributed by atoms with E-state index in [1.165, 1.54) is 24.5 Å². The standard InChI is InChI=1S/C15H20O4S/c1-11-3-5-15(6-4-11)20-18-10-14-9-13(7-8-17-14)19-12(2)16/h3-6,13-14H,7-10H2,1-2H3/t13-,14?/m1/s1. The maximum absolute atomic E-state index is 10.9. The van der Waals surface area contributed by atoms with E-state index >= 15 is 0 Å². The fraction of sp³-hybridized carbons (Fsp3) is 0.533. The van der Waals surface area contributed by atoms with Gasteiger partial charge in [0.2, 0.25) is 0 Å². The van der Waals surface area contributed by atoms with E-state index in [0.717, 1.165) is 11.3 Å². The molecule has 1 aromatic rings. The van der Waals surface area contributed by atoms with Crippen molar-refractivity contribution < 1.29 is 18.5 Å². The number of carbonyl (C=O) groups is 1. The van der Waals surface area contributed by atoms with E-state index in [1.54, 1.807) is 0 Å². The van der Waals surface area contributed by atoms with Crippen molar-refractivity contribution in [2.45, 2.75) is 43.8 Å². The number of hydrogen-bond donors (Lipinski definition) is 0. The number of rotatable bonds is 5. The first-order chi connectivity index (χ1) is 9.63. The van der Waals surface area contributed by atoms with E-state index in [9.17, 15) is 4.79 Å². The number of benzene rings is 1. The van der Waals surface area contributed by atoms with E-state index in [4.69, 9.17) is 13.7 Å². The van der Waals surface area contributed by atoms with E-state index in [2.05, 4.69) is 19.1 Å². The number of aryl methyl sites for hydroxylation is 1.